The second-order valence-corrected chi connectivity index (χ2v) is 5.57. The van der Waals surface area contributed by atoms with E-state index in [0.29, 0.717) is 13.1 Å². The molecule has 1 amide bonds. The summed E-state index contributed by atoms with van der Waals surface area (Å²) in [5, 5.41) is 3.24. The number of carbonyl (C=O) groups is 1. The largest absolute Gasteiger partial charge is 0.377 e. The van der Waals surface area contributed by atoms with Crippen LogP contribution in [0.2, 0.25) is 0 Å². The zero-order valence-corrected chi connectivity index (χ0v) is 14.1. The van der Waals surface area contributed by atoms with Crippen LogP contribution in [-0.2, 0) is 16.1 Å². The normalized spacial score (nSPS) is 17.0. The summed E-state index contributed by atoms with van der Waals surface area (Å²) >= 11 is 0. The maximum atomic E-state index is 12.3. The Labute approximate surface area is 139 Å². The molecule has 4 nitrogen and oxygen atoms in total. The maximum absolute atomic E-state index is 12.3. The zero-order chi connectivity index (χ0) is 14.9. The van der Waals surface area contributed by atoms with Crippen molar-refractivity contribution in [1.29, 1.82) is 0 Å². The monoisotopic (exact) mass is 326 g/mol. The number of carbonyl (C=O) groups excluding carboxylic acids is 1. The maximum Gasteiger partial charge on any atom is 0.236 e. The minimum atomic E-state index is 0. The third-order valence-corrected chi connectivity index (χ3v) is 3.73. The van der Waals surface area contributed by atoms with Crippen LogP contribution >= 0.6 is 12.4 Å². The third-order valence-electron chi connectivity index (χ3n) is 3.73. The van der Waals surface area contributed by atoms with Crippen molar-refractivity contribution in [3.8, 4) is 0 Å². The Balaban J connectivity index is 0.00000242. The van der Waals surface area contributed by atoms with E-state index in [1.165, 1.54) is 5.56 Å². The number of nitrogens with zero attached hydrogens (tertiary/aromatic N) is 1. The summed E-state index contributed by atoms with van der Waals surface area (Å²) in [5.41, 5.74) is 1.18. The highest BCUT2D eigenvalue weighted by Gasteiger charge is 2.17. The molecule has 22 heavy (non-hydrogen) atoms. The van der Waals surface area contributed by atoms with Gasteiger partial charge in [-0.3, -0.25) is 4.79 Å². The van der Waals surface area contributed by atoms with E-state index >= 15 is 0 Å². The molecule has 1 aromatic carbocycles. The van der Waals surface area contributed by atoms with E-state index in [1.54, 1.807) is 0 Å². The lowest BCUT2D eigenvalue weighted by Gasteiger charge is -2.23. The van der Waals surface area contributed by atoms with Gasteiger partial charge in [-0.15, -0.1) is 12.4 Å². The van der Waals surface area contributed by atoms with E-state index in [9.17, 15) is 4.79 Å². The Morgan fingerprint density at radius 1 is 1.36 bits per heavy atom. The van der Waals surface area contributed by atoms with Gasteiger partial charge in [-0.2, -0.15) is 0 Å². The highest BCUT2D eigenvalue weighted by Crippen LogP contribution is 2.10. The molecule has 0 bridgehead atoms. The molecule has 0 saturated carbocycles. The van der Waals surface area contributed by atoms with Gasteiger partial charge in [0, 0.05) is 26.2 Å². The molecule has 0 aromatic heterocycles. The highest BCUT2D eigenvalue weighted by atomic mass is 35.5. The van der Waals surface area contributed by atoms with Crippen molar-refractivity contribution in [1.82, 2.24) is 10.2 Å². The fourth-order valence-corrected chi connectivity index (χ4v) is 2.62. The molecule has 1 aromatic rings. The van der Waals surface area contributed by atoms with Gasteiger partial charge in [0.05, 0.1) is 12.6 Å². The van der Waals surface area contributed by atoms with Crippen LogP contribution in [0.1, 0.15) is 31.7 Å². The van der Waals surface area contributed by atoms with Gasteiger partial charge in [0.2, 0.25) is 5.91 Å². The SMILES string of the molecule is CCCN(Cc1ccccc1)C(=O)CNCC1CCCO1.Cl. The molecule has 1 fully saturated rings. The number of nitrogens with one attached hydrogen (secondary N) is 1. The van der Waals surface area contributed by atoms with Gasteiger partial charge >= 0.3 is 0 Å². The van der Waals surface area contributed by atoms with E-state index in [4.69, 9.17) is 4.74 Å². The second-order valence-electron chi connectivity index (χ2n) is 5.57. The van der Waals surface area contributed by atoms with Crippen molar-refractivity contribution < 1.29 is 9.53 Å². The van der Waals surface area contributed by atoms with Crippen LogP contribution in [0, 0.1) is 0 Å². The third kappa shape index (κ3) is 6.34. The van der Waals surface area contributed by atoms with Crippen LogP contribution in [0.25, 0.3) is 0 Å². The van der Waals surface area contributed by atoms with Crippen molar-refractivity contribution in [3.05, 3.63) is 35.9 Å². The van der Waals surface area contributed by atoms with E-state index in [-0.39, 0.29) is 24.4 Å². The fraction of sp³-hybridized carbons (Fsp3) is 0.588. The van der Waals surface area contributed by atoms with Crippen molar-refractivity contribution in [3.63, 3.8) is 0 Å². The lowest BCUT2D eigenvalue weighted by molar-refractivity contribution is -0.131. The molecular weight excluding hydrogens is 300 g/mol. The van der Waals surface area contributed by atoms with Crippen LogP contribution in [-0.4, -0.2) is 43.2 Å². The minimum Gasteiger partial charge on any atom is -0.377 e. The van der Waals surface area contributed by atoms with Gasteiger partial charge in [0.1, 0.15) is 0 Å². The average molecular weight is 327 g/mol. The molecular formula is C17H27ClN2O2. The van der Waals surface area contributed by atoms with Gasteiger partial charge in [0.15, 0.2) is 0 Å². The predicted octanol–water partition coefficient (Wildman–Crippen LogP) is 2.62. The predicted molar refractivity (Wildman–Crippen MR) is 91.2 cm³/mol. The van der Waals surface area contributed by atoms with Gasteiger partial charge in [-0.1, -0.05) is 37.3 Å². The Bertz CT molecular complexity index is 422. The van der Waals surface area contributed by atoms with E-state index < -0.39 is 0 Å². The number of rotatable bonds is 8. The molecule has 0 radical (unpaired) electrons. The molecule has 124 valence electrons. The van der Waals surface area contributed by atoms with Crippen LogP contribution < -0.4 is 5.32 Å². The van der Waals surface area contributed by atoms with E-state index in [2.05, 4.69) is 24.4 Å². The molecule has 1 aliphatic rings. The van der Waals surface area contributed by atoms with Crippen molar-refractivity contribution in [2.75, 3.05) is 26.2 Å². The summed E-state index contributed by atoms with van der Waals surface area (Å²) in [4.78, 5) is 14.3. The Morgan fingerprint density at radius 2 is 2.14 bits per heavy atom. The van der Waals surface area contributed by atoms with Crippen molar-refractivity contribution >= 4 is 18.3 Å². The Morgan fingerprint density at radius 3 is 2.77 bits per heavy atom. The molecule has 2 rings (SSSR count). The lowest BCUT2D eigenvalue weighted by Crippen LogP contribution is -2.40. The second kappa shape index (κ2) is 10.6. The van der Waals surface area contributed by atoms with E-state index in [1.807, 2.05) is 23.1 Å². The number of benzene rings is 1. The van der Waals surface area contributed by atoms with Crippen molar-refractivity contribution in [2.24, 2.45) is 0 Å². The number of hydrogen-bond donors (Lipinski definition) is 1. The molecule has 0 aliphatic carbocycles. The Hall–Kier alpha value is -1.10. The molecule has 1 atom stereocenters. The fourth-order valence-electron chi connectivity index (χ4n) is 2.62. The van der Waals surface area contributed by atoms with Crippen LogP contribution in [0.5, 0.6) is 0 Å². The molecule has 1 unspecified atom stereocenters. The molecule has 1 heterocycles. The molecule has 1 N–H and O–H groups in total. The molecule has 1 saturated heterocycles. The summed E-state index contributed by atoms with van der Waals surface area (Å²) in [6, 6.07) is 10.2. The first-order valence-corrected chi connectivity index (χ1v) is 7.93. The first-order chi connectivity index (χ1) is 10.3. The zero-order valence-electron chi connectivity index (χ0n) is 13.3. The number of ether oxygens (including phenoxy) is 1. The van der Waals surface area contributed by atoms with Gasteiger partial charge in [-0.25, -0.2) is 0 Å². The number of amides is 1. The van der Waals surface area contributed by atoms with Crippen LogP contribution in [0.4, 0.5) is 0 Å². The highest BCUT2D eigenvalue weighted by molar-refractivity contribution is 5.85. The van der Waals surface area contributed by atoms with Gasteiger partial charge in [-0.05, 0) is 24.8 Å². The molecule has 0 spiro atoms. The van der Waals surface area contributed by atoms with Crippen molar-refractivity contribution in [2.45, 2.75) is 38.8 Å². The summed E-state index contributed by atoms with van der Waals surface area (Å²) in [5.74, 6) is 0.165. The molecule has 5 heteroatoms. The van der Waals surface area contributed by atoms with Crippen LogP contribution in [0.3, 0.4) is 0 Å². The summed E-state index contributed by atoms with van der Waals surface area (Å²) < 4.78 is 5.55. The summed E-state index contributed by atoms with van der Waals surface area (Å²) in [6.07, 6.45) is 3.50. The van der Waals surface area contributed by atoms with Gasteiger partial charge in [0.25, 0.3) is 0 Å². The summed E-state index contributed by atoms with van der Waals surface area (Å²) in [7, 11) is 0. The lowest BCUT2D eigenvalue weighted by atomic mass is 10.2. The molecule has 1 aliphatic heterocycles. The van der Waals surface area contributed by atoms with Gasteiger partial charge < -0.3 is 15.0 Å². The quantitative estimate of drug-likeness (QED) is 0.798. The first kappa shape index (κ1) is 18.9. The summed E-state index contributed by atoms with van der Waals surface area (Å²) in [6.45, 7) is 5.62. The number of hydrogen-bond acceptors (Lipinski definition) is 3. The number of halogens is 1. The smallest absolute Gasteiger partial charge is 0.236 e. The minimum absolute atomic E-state index is 0. The standard InChI is InChI=1S/C17H26N2O2.ClH/c1-2-10-19(14-15-7-4-3-5-8-15)17(20)13-18-12-16-9-6-11-21-16;/h3-5,7-8,16,18H,2,6,9-14H2,1H3;1H. The van der Waals surface area contributed by atoms with Crippen LogP contribution in [0.15, 0.2) is 30.3 Å². The van der Waals surface area contributed by atoms with E-state index in [0.717, 1.165) is 39.0 Å². The first-order valence-electron chi connectivity index (χ1n) is 7.93. The topological polar surface area (TPSA) is 41.6 Å². The Kier molecular flexibility index (Phi) is 9.13. The average Bonchev–Trinajstić information content (AvgIpc) is 3.01.